The summed E-state index contributed by atoms with van der Waals surface area (Å²) in [6.45, 7) is -0.125. The summed E-state index contributed by atoms with van der Waals surface area (Å²) in [5.41, 5.74) is 0.468. The van der Waals surface area contributed by atoms with Crippen molar-refractivity contribution in [1.82, 2.24) is 4.72 Å². The number of halogens is 1. The number of amides is 1. The van der Waals surface area contributed by atoms with Gasteiger partial charge in [-0.15, -0.1) is 0 Å². The lowest BCUT2D eigenvalue weighted by atomic mass is 10.1. The highest BCUT2D eigenvalue weighted by atomic mass is 32.2. The number of unbranched alkanes of at least 4 members (excludes halogenated alkanes) is 2. The van der Waals surface area contributed by atoms with E-state index in [2.05, 4.69) is 0 Å². The van der Waals surface area contributed by atoms with Crippen LogP contribution < -0.4 is 18.5 Å². The Labute approximate surface area is 196 Å². The summed E-state index contributed by atoms with van der Waals surface area (Å²) in [6, 6.07) is 15.5. The van der Waals surface area contributed by atoms with Crippen molar-refractivity contribution in [3.05, 3.63) is 66.0 Å². The highest BCUT2D eigenvalue weighted by molar-refractivity contribution is 7.92. The van der Waals surface area contributed by atoms with Crippen LogP contribution in [0.5, 0.6) is 11.5 Å². The monoisotopic (exact) mass is 486 g/mol. The molecule has 10 heteroatoms. The van der Waals surface area contributed by atoms with Crippen LogP contribution in [0.15, 0.2) is 54.6 Å². The van der Waals surface area contributed by atoms with Gasteiger partial charge in [0.2, 0.25) is 0 Å². The van der Waals surface area contributed by atoms with E-state index in [1.165, 1.54) is 6.07 Å². The number of nitrogens with one attached hydrogen (secondary N) is 1. The first-order valence-electron chi connectivity index (χ1n) is 10.7. The Kier molecular flexibility index (Phi) is 6.97. The van der Waals surface area contributed by atoms with Crippen molar-refractivity contribution in [3.8, 4) is 11.5 Å². The quantitative estimate of drug-likeness (QED) is 0.348. The van der Waals surface area contributed by atoms with Crippen molar-refractivity contribution in [2.75, 3.05) is 17.5 Å². The van der Waals surface area contributed by atoms with Crippen LogP contribution in [-0.4, -0.2) is 33.8 Å². The van der Waals surface area contributed by atoms with E-state index in [1.54, 1.807) is 18.2 Å². The Hall–Kier alpha value is -3.66. The molecule has 0 unspecified atom stereocenters. The van der Waals surface area contributed by atoms with Crippen molar-refractivity contribution in [1.29, 1.82) is 0 Å². The number of ether oxygens (including phenoxy) is 2. The summed E-state index contributed by atoms with van der Waals surface area (Å²) in [7, 11) is -4.27. The first kappa shape index (κ1) is 23.5. The summed E-state index contributed by atoms with van der Waals surface area (Å²) in [6.07, 6.45) is 2.64. The molecule has 0 saturated carbocycles. The molecule has 0 radical (unpaired) electrons. The highest BCUT2D eigenvalue weighted by Crippen LogP contribution is 2.40. The lowest BCUT2D eigenvalue weighted by molar-refractivity contribution is -0.117. The molecule has 0 bridgehead atoms. The molecule has 4 rings (SSSR count). The summed E-state index contributed by atoms with van der Waals surface area (Å²) >= 11 is 0. The molecule has 0 spiro atoms. The minimum atomic E-state index is -4.27. The lowest BCUT2D eigenvalue weighted by Gasteiger charge is -2.21. The number of rotatable bonds is 10. The Morgan fingerprint density at radius 1 is 1.06 bits per heavy atom. The van der Waals surface area contributed by atoms with Gasteiger partial charge in [-0.3, -0.25) is 4.79 Å². The fourth-order valence-corrected chi connectivity index (χ4v) is 4.79. The third kappa shape index (κ3) is 5.12. The van der Waals surface area contributed by atoms with Crippen molar-refractivity contribution in [2.24, 2.45) is 0 Å². The molecule has 1 fully saturated rings. The molecule has 1 saturated heterocycles. The Morgan fingerprint density at radius 3 is 2.56 bits per heavy atom. The van der Waals surface area contributed by atoms with Crippen LogP contribution >= 0.6 is 0 Å². The molecule has 178 valence electrons. The van der Waals surface area contributed by atoms with E-state index in [-0.39, 0.29) is 23.4 Å². The maximum atomic E-state index is 15.8. The first-order chi connectivity index (χ1) is 16.4. The molecule has 1 amide bonds. The van der Waals surface area contributed by atoms with Crippen LogP contribution in [0.2, 0.25) is 0 Å². The van der Waals surface area contributed by atoms with E-state index in [0.29, 0.717) is 41.3 Å². The zero-order valence-corrected chi connectivity index (χ0v) is 19.0. The van der Waals surface area contributed by atoms with Crippen molar-refractivity contribution in [3.63, 3.8) is 0 Å². The number of anilines is 1. The maximum absolute atomic E-state index is 15.8. The second-order valence-electron chi connectivity index (χ2n) is 7.74. The Bertz CT molecular complexity index is 1310. The smallest absolute Gasteiger partial charge is 0.326 e. The summed E-state index contributed by atoms with van der Waals surface area (Å²) in [5, 5.41) is 0.607. The normalized spacial score (nSPS) is 14.7. The number of hydrogen-bond acceptors (Lipinski definition) is 6. The van der Waals surface area contributed by atoms with Gasteiger partial charge >= 0.3 is 10.2 Å². The number of carbonyl (C=O) groups is 2. The van der Waals surface area contributed by atoms with E-state index >= 15 is 4.39 Å². The first-order valence-corrected chi connectivity index (χ1v) is 12.2. The molecule has 0 aromatic heterocycles. The third-order valence-electron chi connectivity index (χ3n) is 5.28. The lowest BCUT2D eigenvalue weighted by Crippen LogP contribution is -2.30. The van der Waals surface area contributed by atoms with Crippen LogP contribution in [0.1, 0.15) is 24.8 Å². The topological polar surface area (TPSA) is 102 Å². The summed E-state index contributed by atoms with van der Waals surface area (Å²) in [5.74, 6) is -1.20. The van der Waals surface area contributed by atoms with E-state index in [4.69, 9.17) is 9.47 Å². The SMILES string of the molecule is O=CCCCCOc1ccc2cc(OCc3ccccc3)c(N3CC(=O)NS3(=O)=O)c(F)c2c1. The number of aldehydes is 1. The average molecular weight is 487 g/mol. The largest absolute Gasteiger partial charge is 0.494 e. The number of hydrogen-bond donors (Lipinski definition) is 1. The molecular weight excluding hydrogens is 463 g/mol. The second kappa shape index (κ2) is 10.1. The predicted octanol–water partition coefficient (Wildman–Crippen LogP) is 3.49. The van der Waals surface area contributed by atoms with Crippen molar-refractivity contribution < 1.29 is 31.9 Å². The van der Waals surface area contributed by atoms with E-state index in [9.17, 15) is 18.0 Å². The molecule has 0 atom stereocenters. The van der Waals surface area contributed by atoms with E-state index in [0.717, 1.165) is 11.8 Å². The van der Waals surface area contributed by atoms with Crippen molar-refractivity contribution in [2.45, 2.75) is 25.9 Å². The molecule has 1 heterocycles. The van der Waals surface area contributed by atoms with Gasteiger partial charge < -0.3 is 14.3 Å². The van der Waals surface area contributed by atoms with Gasteiger partial charge in [0.15, 0.2) is 5.82 Å². The van der Waals surface area contributed by atoms with Gasteiger partial charge in [-0.05, 0) is 42.0 Å². The molecule has 8 nitrogen and oxygen atoms in total. The fourth-order valence-electron chi connectivity index (χ4n) is 3.63. The van der Waals surface area contributed by atoms with Crippen molar-refractivity contribution >= 4 is 38.9 Å². The van der Waals surface area contributed by atoms with Crippen LogP contribution in [-0.2, 0) is 26.4 Å². The van der Waals surface area contributed by atoms with Gasteiger partial charge in [0.25, 0.3) is 5.91 Å². The molecule has 34 heavy (non-hydrogen) atoms. The zero-order chi connectivity index (χ0) is 24.1. The van der Waals surface area contributed by atoms with Gasteiger partial charge in [-0.25, -0.2) is 13.4 Å². The van der Waals surface area contributed by atoms with E-state index < -0.39 is 28.5 Å². The molecule has 1 N–H and O–H groups in total. The van der Waals surface area contributed by atoms with Crippen LogP contribution in [0.3, 0.4) is 0 Å². The third-order valence-corrected chi connectivity index (χ3v) is 6.66. The van der Waals surface area contributed by atoms with E-state index in [1.807, 2.05) is 35.1 Å². The summed E-state index contributed by atoms with van der Waals surface area (Å²) in [4.78, 5) is 22.2. The second-order valence-corrected chi connectivity index (χ2v) is 9.34. The van der Waals surface area contributed by atoms with Crippen LogP contribution in [0.25, 0.3) is 10.8 Å². The zero-order valence-electron chi connectivity index (χ0n) is 18.2. The van der Waals surface area contributed by atoms with Gasteiger partial charge in [0, 0.05) is 11.8 Å². The number of carbonyl (C=O) groups excluding carboxylic acids is 2. The molecule has 1 aliphatic heterocycles. The van der Waals surface area contributed by atoms with Crippen LogP contribution in [0, 0.1) is 5.82 Å². The number of benzene rings is 3. The fraction of sp³-hybridized carbons (Fsp3) is 0.250. The Morgan fingerprint density at radius 2 is 1.85 bits per heavy atom. The minimum Gasteiger partial charge on any atom is -0.494 e. The van der Waals surface area contributed by atoms with Gasteiger partial charge in [-0.1, -0.05) is 36.4 Å². The summed E-state index contributed by atoms with van der Waals surface area (Å²) < 4.78 is 54.9. The Balaban J connectivity index is 1.71. The molecule has 1 aliphatic rings. The van der Waals surface area contributed by atoms with Gasteiger partial charge in [0.05, 0.1) is 6.61 Å². The standard InChI is InChI=1S/C24H23FN2O6S/c25-23-20-14-19(32-12-6-2-5-11-28)10-9-18(20)13-21(33-16-17-7-3-1-4-8-17)24(23)27-15-22(29)26-34(27,30)31/h1,3-4,7-11,13-14H,2,5-6,12,15-16H2,(H,26,29). The molecule has 3 aromatic rings. The number of fused-ring (bicyclic) bond motifs is 1. The van der Waals surface area contributed by atoms with Gasteiger partial charge in [-0.2, -0.15) is 8.42 Å². The minimum absolute atomic E-state index is 0.00328. The van der Waals surface area contributed by atoms with Gasteiger partial charge in [0.1, 0.15) is 36.6 Å². The number of nitrogens with zero attached hydrogens (tertiary/aromatic N) is 1. The molecular formula is C24H23FN2O6S. The van der Waals surface area contributed by atoms with Crippen LogP contribution in [0.4, 0.5) is 10.1 Å². The maximum Gasteiger partial charge on any atom is 0.326 e. The average Bonchev–Trinajstić information content (AvgIpc) is 3.09. The molecule has 3 aromatic carbocycles. The predicted molar refractivity (Wildman–Crippen MR) is 124 cm³/mol. The molecule has 0 aliphatic carbocycles. The highest BCUT2D eigenvalue weighted by Gasteiger charge is 2.38.